The SMILES string of the molecule is CCCCc1cc(N)c2c(c1)N(C)C(=O)C(C)O2. The zero-order chi connectivity index (χ0) is 13.3. The van der Waals surface area contributed by atoms with Gasteiger partial charge in [-0.25, -0.2) is 0 Å². The number of unbranched alkanes of at least 4 members (excludes halogenated alkanes) is 1. The van der Waals surface area contributed by atoms with Crippen molar-refractivity contribution >= 4 is 17.3 Å². The zero-order valence-electron chi connectivity index (χ0n) is 11.2. The number of ether oxygens (including phenoxy) is 1. The number of amides is 1. The number of aryl methyl sites for hydroxylation is 1. The second-order valence-electron chi connectivity index (χ2n) is 4.79. The van der Waals surface area contributed by atoms with Gasteiger partial charge in [-0.05, 0) is 37.5 Å². The summed E-state index contributed by atoms with van der Waals surface area (Å²) in [7, 11) is 1.77. The number of anilines is 2. The summed E-state index contributed by atoms with van der Waals surface area (Å²) in [6, 6.07) is 3.95. The fourth-order valence-corrected chi connectivity index (χ4v) is 2.22. The summed E-state index contributed by atoms with van der Waals surface area (Å²) in [4.78, 5) is 13.5. The van der Waals surface area contributed by atoms with Crippen molar-refractivity contribution in [3.63, 3.8) is 0 Å². The van der Waals surface area contributed by atoms with Crippen molar-refractivity contribution in [2.45, 2.75) is 39.2 Å². The molecule has 0 bridgehead atoms. The number of fused-ring (bicyclic) bond motifs is 1. The van der Waals surface area contributed by atoms with Crippen molar-refractivity contribution < 1.29 is 9.53 Å². The van der Waals surface area contributed by atoms with Crippen LogP contribution in [0.1, 0.15) is 32.3 Å². The highest BCUT2D eigenvalue weighted by molar-refractivity contribution is 6.00. The average molecular weight is 248 g/mol. The third-order valence-corrected chi connectivity index (χ3v) is 3.31. The van der Waals surface area contributed by atoms with Gasteiger partial charge < -0.3 is 15.4 Å². The lowest BCUT2D eigenvalue weighted by atomic mass is 10.0. The second kappa shape index (κ2) is 4.88. The molecule has 1 aliphatic rings. The minimum Gasteiger partial charge on any atom is -0.477 e. The summed E-state index contributed by atoms with van der Waals surface area (Å²) < 4.78 is 5.59. The van der Waals surface area contributed by atoms with E-state index in [2.05, 4.69) is 6.92 Å². The van der Waals surface area contributed by atoms with Crippen LogP contribution in [0.3, 0.4) is 0 Å². The van der Waals surface area contributed by atoms with Crippen molar-refractivity contribution in [3.05, 3.63) is 17.7 Å². The molecule has 0 radical (unpaired) electrons. The summed E-state index contributed by atoms with van der Waals surface area (Å²) in [6.07, 6.45) is 2.77. The van der Waals surface area contributed by atoms with Gasteiger partial charge in [0, 0.05) is 7.05 Å². The quantitative estimate of drug-likeness (QED) is 0.835. The molecule has 0 aliphatic carbocycles. The molecule has 98 valence electrons. The third kappa shape index (κ3) is 2.15. The number of carbonyl (C=O) groups is 1. The van der Waals surface area contributed by atoms with E-state index in [1.807, 2.05) is 12.1 Å². The van der Waals surface area contributed by atoms with Gasteiger partial charge in [-0.2, -0.15) is 0 Å². The normalized spacial score (nSPS) is 18.5. The van der Waals surface area contributed by atoms with Crippen LogP contribution in [-0.2, 0) is 11.2 Å². The largest absolute Gasteiger partial charge is 0.477 e. The Balaban J connectivity index is 2.39. The standard InChI is InChI=1S/C14H20N2O2/c1-4-5-6-10-7-11(15)13-12(8-10)16(3)14(17)9(2)18-13/h7-9H,4-6,15H2,1-3H3. The molecule has 1 heterocycles. The average Bonchev–Trinajstić information content (AvgIpc) is 2.35. The molecule has 0 aromatic heterocycles. The fourth-order valence-electron chi connectivity index (χ4n) is 2.22. The van der Waals surface area contributed by atoms with Crippen molar-refractivity contribution in [1.82, 2.24) is 0 Å². The van der Waals surface area contributed by atoms with Crippen molar-refractivity contribution in [3.8, 4) is 5.75 Å². The van der Waals surface area contributed by atoms with Gasteiger partial charge >= 0.3 is 0 Å². The Morgan fingerprint density at radius 2 is 2.17 bits per heavy atom. The topological polar surface area (TPSA) is 55.6 Å². The Kier molecular flexibility index (Phi) is 3.45. The van der Waals surface area contributed by atoms with Crippen LogP contribution in [-0.4, -0.2) is 19.1 Å². The summed E-state index contributed by atoms with van der Waals surface area (Å²) in [5.74, 6) is 0.597. The van der Waals surface area contributed by atoms with E-state index >= 15 is 0 Å². The summed E-state index contributed by atoms with van der Waals surface area (Å²) >= 11 is 0. The van der Waals surface area contributed by atoms with Crippen LogP contribution < -0.4 is 15.4 Å². The molecule has 2 N–H and O–H groups in total. The Hall–Kier alpha value is -1.71. The number of rotatable bonds is 3. The third-order valence-electron chi connectivity index (χ3n) is 3.31. The Labute approximate surface area is 108 Å². The first-order valence-corrected chi connectivity index (χ1v) is 6.41. The first-order valence-electron chi connectivity index (χ1n) is 6.41. The van der Waals surface area contributed by atoms with Crippen LogP contribution in [0.2, 0.25) is 0 Å². The van der Waals surface area contributed by atoms with Crippen molar-refractivity contribution in [2.75, 3.05) is 17.7 Å². The Morgan fingerprint density at radius 3 is 2.83 bits per heavy atom. The van der Waals surface area contributed by atoms with Crippen LogP contribution in [0.5, 0.6) is 5.75 Å². The van der Waals surface area contributed by atoms with Gasteiger partial charge in [-0.1, -0.05) is 13.3 Å². The molecule has 18 heavy (non-hydrogen) atoms. The summed E-state index contributed by atoms with van der Waals surface area (Å²) in [6.45, 7) is 3.90. The molecule has 0 fully saturated rings. The van der Waals surface area contributed by atoms with E-state index in [0.29, 0.717) is 11.4 Å². The lowest BCUT2D eigenvalue weighted by molar-refractivity contribution is -0.125. The molecule has 1 amide bonds. The van der Waals surface area contributed by atoms with Gasteiger partial charge in [0.15, 0.2) is 11.9 Å². The smallest absolute Gasteiger partial charge is 0.267 e. The maximum Gasteiger partial charge on any atom is 0.267 e. The molecule has 2 rings (SSSR count). The van der Waals surface area contributed by atoms with E-state index < -0.39 is 6.10 Å². The first kappa shape index (κ1) is 12.7. The Morgan fingerprint density at radius 1 is 1.44 bits per heavy atom. The molecule has 1 unspecified atom stereocenters. The molecular weight excluding hydrogens is 228 g/mol. The van der Waals surface area contributed by atoms with E-state index in [-0.39, 0.29) is 5.91 Å². The van der Waals surface area contributed by atoms with Gasteiger partial charge in [-0.3, -0.25) is 4.79 Å². The van der Waals surface area contributed by atoms with E-state index in [4.69, 9.17) is 10.5 Å². The van der Waals surface area contributed by atoms with Gasteiger partial charge in [0.25, 0.3) is 5.91 Å². The van der Waals surface area contributed by atoms with E-state index in [1.54, 1.807) is 18.9 Å². The summed E-state index contributed by atoms with van der Waals surface area (Å²) in [5.41, 5.74) is 8.58. The lowest BCUT2D eigenvalue weighted by Crippen LogP contribution is -2.42. The van der Waals surface area contributed by atoms with Crippen LogP contribution in [0.15, 0.2) is 12.1 Å². The molecule has 1 aliphatic heterocycles. The molecule has 0 saturated heterocycles. The minimum absolute atomic E-state index is 0.0328. The highest BCUT2D eigenvalue weighted by atomic mass is 16.5. The molecule has 4 heteroatoms. The number of likely N-dealkylation sites (N-methyl/N-ethyl adjacent to an activating group) is 1. The van der Waals surface area contributed by atoms with Crippen LogP contribution in [0.4, 0.5) is 11.4 Å². The molecule has 0 spiro atoms. The second-order valence-corrected chi connectivity index (χ2v) is 4.79. The number of nitrogen functional groups attached to an aromatic ring is 1. The zero-order valence-corrected chi connectivity index (χ0v) is 11.2. The minimum atomic E-state index is -0.466. The van der Waals surface area contributed by atoms with E-state index in [9.17, 15) is 4.79 Å². The molecular formula is C14H20N2O2. The maximum atomic E-state index is 11.9. The highest BCUT2D eigenvalue weighted by Gasteiger charge is 2.30. The van der Waals surface area contributed by atoms with Crippen LogP contribution >= 0.6 is 0 Å². The highest BCUT2D eigenvalue weighted by Crippen LogP contribution is 2.39. The predicted molar refractivity (Wildman–Crippen MR) is 73.0 cm³/mol. The molecule has 0 saturated carbocycles. The predicted octanol–water partition coefficient (Wildman–Crippen LogP) is 2.36. The molecule has 4 nitrogen and oxygen atoms in total. The van der Waals surface area contributed by atoms with Gasteiger partial charge in [0.2, 0.25) is 0 Å². The van der Waals surface area contributed by atoms with Crippen LogP contribution in [0.25, 0.3) is 0 Å². The summed E-state index contributed by atoms with van der Waals surface area (Å²) in [5, 5.41) is 0. The number of nitrogens with zero attached hydrogens (tertiary/aromatic N) is 1. The number of nitrogens with two attached hydrogens (primary N) is 1. The Bertz CT molecular complexity index is 471. The maximum absolute atomic E-state index is 11.9. The fraction of sp³-hybridized carbons (Fsp3) is 0.500. The van der Waals surface area contributed by atoms with Crippen molar-refractivity contribution in [2.24, 2.45) is 0 Å². The van der Waals surface area contributed by atoms with Gasteiger partial charge in [-0.15, -0.1) is 0 Å². The number of hydrogen-bond acceptors (Lipinski definition) is 3. The van der Waals surface area contributed by atoms with E-state index in [1.165, 1.54) is 0 Å². The van der Waals surface area contributed by atoms with Gasteiger partial charge in [0.1, 0.15) is 0 Å². The first-order chi connectivity index (χ1) is 8.54. The lowest BCUT2D eigenvalue weighted by Gasteiger charge is -2.31. The van der Waals surface area contributed by atoms with E-state index in [0.717, 1.165) is 30.5 Å². The molecule has 1 aromatic carbocycles. The molecule has 1 atom stereocenters. The number of hydrogen-bond donors (Lipinski definition) is 1. The van der Waals surface area contributed by atoms with Crippen molar-refractivity contribution in [1.29, 1.82) is 0 Å². The number of carbonyl (C=O) groups excluding carboxylic acids is 1. The van der Waals surface area contributed by atoms with Gasteiger partial charge in [0.05, 0.1) is 11.4 Å². The number of benzene rings is 1. The molecule has 1 aromatic rings. The van der Waals surface area contributed by atoms with Crippen LogP contribution in [0, 0.1) is 0 Å². The monoisotopic (exact) mass is 248 g/mol.